The van der Waals surface area contributed by atoms with Crippen LogP contribution in [0.2, 0.25) is 0 Å². The second-order valence-electron chi connectivity index (χ2n) is 7.72. The van der Waals surface area contributed by atoms with E-state index < -0.39 is 0 Å². The predicted octanol–water partition coefficient (Wildman–Crippen LogP) is 4.56. The number of halogens is 1. The smallest absolute Gasteiger partial charge is 0.260 e. The van der Waals surface area contributed by atoms with E-state index in [1.165, 1.54) is 0 Å². The van der Waals surface area contributed by atoms with Gasteiger partial charge in [0.1, 0.15) is 11.6 Å². The number of hydrogen-bond acceptors (Lipinski definition) is 4. The molecule has 0 aliphatic carbocycles. The number of aryl methyl sites for hydroxylation is 1. The molecule has 3 aromatic rings. The number of nitrogens with zero attached hydrogens (tertiary/aromatic N) is 2. The Morgan fingerprint density at radius 1 is 1.19 bits per heavy atom. The third-order valence-electron chi connectivity index (χ3n) is 5.57. The normalized spacial score (nSPS) is 16.2. The van der Waals surface area contributed by atoms with Crippen LogP contribution in [0.15, 0.2) is 59.2 Å². The first-order valence-electron chi connectivity index (χ1n) is 10.3. The summed E-state index contributed by atoms with van der Waals surface area (Å²) in [6.07, 6.45) is 3.19. The number of fused-ring (bicyclic) bond motifs is 1. The van der Waals surface area contributed by atoms with Crippen molar-refractivity contribution in [1.29, 1.82) is 0 Å². The molecule has 1 fully saturated rings. The number of benzene rings is 2. The lowest BCUT2D eigenvalue weighted by Crippen LogP contribution is -2.45. The molecule has 7 heteroatoms. The van der Waals surface area contributed by atoms with Gasteiger partial charge in [-0.25, -0.2) is 4.98 Å². The molecule has 160 valence electrons. The number of likely N-dealkylation sites (tertiary alicyclic amines) is 1. The zero-order valence-corrected chi connectivity index (χ0v) is 18.9. The van der Waals surface area contributed by atoms with Crippen LogP contribution in [0.1, 0.15) is 18.4 Å². The number of carbonyl (C=O) groups excluding carboxylic acids is 2. The highest BCUT2D eigenvalue weighted by molar-refractivity contribution is 9.10. The highest BCUT2D eigenvalue weighted by Crippen LogP contribution is 2.33. The van der Waals surface area contributed by atoms with Crippen molar-refractivity contribution < 1.29 is 14.3 Å². The van der Waals surface area contributed by atoms with Crippen LogP contribution in [0.5, 0.6) is 5.75 Å². The number of amides is 2. The van der Waals surface area contributed by atoms with Crippen LogP contribution in [0.25, 0.3) is 10.8 Å². The number of nitrogens with one attached hydrogen (secondary N) is 1. The van der Waals surface area contributed by atoms with E-state index in [1.54, 1.807) is 11.1 Å². The molecule has 0 radical (unpaired) electrons. The van der Waals surface area contributed by atoms with Crippen LogP contribution < -0.4 is 10.1 Å². The number of piperidine rings is 1. The molecule has 1 N–H and O–H groups in total. The van der Waals surface area contributed by atoms with Crippen molar-refractivity contribution in [3.63, 3.8) is 0 Å². The van der Waals surface area contributed by atoms with Crippen LogP contribution >= 0.6 is 15.9 Å². The Hall–Kier alpha value is -2.93. The Morgan fingerprint density at radius 3 is 2.87 bits per heavy atom. The van der Waals surface area contributed by atoms with Crippen LogP contribution in [0.4, 0.5) is 5.82 Å². The van der Waals surface area contributed by atoms with Crippen LogP contribution in [-0.4, -0.2) is 41.4 Å². The van der Waals surface area contributed by atoms with Crippen molar-refractivity contribution in [3.05, 3.63) is 64.8 Å². The average molecular weight is 482 g/mol. The van der Waals surface area contributed by atoms with Gasteiger partial charge in [-0.1, -0.05) is 36.4 Å². The predicted molar refractivity (Wildman–Crippen MR) is 124 cm³/mol. The number of anilines is 1. The summed E-state index contributed by atoms with van der Waals surface area (Å²) >= 11 is 3.59. The summed E-state index contributed by atoms with van der Waals surface area (Å²) in [5.74, 6) is 0.722. The Balaban J connectivity index is 1.36. The van der Waals surface area contributed by atoms with Crippen LogP contribution in [0, 0.1) is 12.8 Å². The van der Waals surface area contributed by atoms with Gasteiger partial charge in [-0.2, -0.15) is 0 Å². The summed E-state index contributed by atoms with van der Waals surface area (Å²) in [6, 6.07) is 15.6. The molecule has 1 aliphatic heterocycles. The maximum absolute atomic E-state index is 12.8. The van der Waals surface area contributed by atoms with Gasteiger partial charge in [-0.15, -0.1) is 0 Å². The number of carbonyl (C=O) groups is 2. The molecule has 0 saturated carbocycles. The first kappa shape index (κ1) is 21.3. The molecule has 1 saturated heterocycles. The van der Waals surface area contributed by atoms with Crippen molar-refractivity contribution >= 4 is 44.3 Å². The fourth-order valence-corrected chi connectivity index (χ4v) is 4.42. The third-order valence-corrected chi connectivity index (χ3v) is 6.39. The molecule has 2 aromatic carbocycles. The largest absolute Gasteiger partial charge is 0.483 e. The van der Waals surface area contributed by atoms with E-state index in [2.05, 4.69) is 26.2 Å². The molecule has 6 nitrogen and oxygen atoms in total. The average Bonchev–Trinajstić information content (AvgIpc) is 2.80. The lowest BCUT2D eigenvalue weighted by atomic mass is 9.97. The molecule has 31 heavy (non-hydrogen) atoms. The van der Waals surface area contributed by atoms with E-state index in [1.807, 2.05) is 55.5 Å². The standard InChI is InChI=1S/C24H24BrN3O3/c1-16-6-4-12-26-23(16)27-24(30)18-8-5-13-28(14-18)21(29)15-31-20-11-10-17-7-2-3-9-19(17)22(20)25/h2-4,6-7,9-12,18H,5,8,13-15H2,1H3,(H,26,27,30). The maximum Gasteiger partial charge on any atom is 0.260 e. The molecule has 4 rings (SSSR count). The van der Waals surface area contributed by atoms with Gasteiger partial charge in [0.05, 0.1) is 10.4 Å². The van der Waals surface area contributed by atoms with Crippen molar-refractivity contribution in [1.82, 2.24) is 9.88 Å². The van der Waals surface area contributed by atoms with E-state index in [4.69, 9.17) is 4.74 Å². The summed E-state index contributed by atoms with van der Waals surface area (Å²) in [5.41, 5.74) is 0.911. The Bertz CT molecular complexity index is 1120. The van der Waals surface area contributed by atoms with Gasteiger partial charge in [0.2, 0.25) is 5.91 Å². The number of hydrogen-bond donors (Lipinski definition) is 1. The lowest BCUT2D eigenvalue weighted by Gasteiger charge is -2.32. The number of pyridine rings is 1. The highest BCUT2D eigenvalue weighted by atomic mass is 79.9. The van der Waals surface area contributed by atoms with Gasteiger partial charge in [0.25, 0.3) is 5.91 Å². The molecule has 2 amide bonds. The molecular weight excluding hydrogens is 458 g/mol. The Morgan fingerprint density at radius 2 is 2.03 bits per heavy atom. The molecule has 1 aromatic heterocycles. The van der Waals surface area contributed by atoms with Gasteiger partial charge >= 0.3 is 0 Å². The molecule has 1 unspecified atom stereocenters. The molecule has 2 heterocycles. The van der Waals surface area contributed by atoms with Gasteiger partial charge in [0, 0.05) is 19.3 Å². The van der Waals surface area contributed by atoms with Gasteiger partial charge < -0.3 is 15.0 Å². The molecular formula is C24H24BrN3O3. The number of ether oxygens (including phenoxy) is 1. The van der Waals surface area contributed by atoms with E-state index in [9.17, 15) is 9.59 Å². The summed E-state index contributed by atoms with van der Waals surface area (Å²) in [7, 11) is 0. The van der Waals surface area contributed by atoms with Crippen molar-refractivity contribution in [2.75, 3.05) is 25.0 Å². The monoisotopic (exact) mass is 481 g/mol. The summed E-state index contributed by atoms with van der Waals surface area (Å²) in [4.78, 5) is 31.4. The fraction of sp³-hybridized carbons (Fsp3) is 0.292. The van der Waals surface area contributed by atoms with Crippen molar-refractivity contribution in [2.45, 2.75) is 19.8 Å². The van der Waals surface area contributed by atoms with Crippen LogP contribution in [0.3, 0.4) is 0 Å². The maximum atomic E-state index is 12.8. The third kappa shape index (κ3) is 4.88. The summed E-state index contributed by atoms with van der Waals surface area (Å²) in [5, 5.41) is 5.03. The van der Waals surface area contributed by atoms with Gasteiger partial charge in [-0.3, -0.25) is 9.59 Å². The minimum atomic E-state index is -0.258. The SMILES string of the molecule is Cc1cccnc1NC(=O)C1CCCN(C(=O)COc2ccc3ccccc3c2Br)C1. The highest BCUT2D eigenvalue weighted by Gasteiger charge is 2.29. The minimum Gasteiger partial charge on any atom is -0.483 e. The minimum absolute atomic E-state index is 0.0649. The van der Waals surface area contributed by atoms with Gasteiger partial charge in [0.15, 0.2) is 6.61 Å². The quantitative estimate of drug-likeness (QED) is 0.579. The lowest BCUT2D eigenvalue weighted by molar-refractivity contribution is -0.136. The van der Waals surface area contributed by atoms with E-state index in [0.717, 1.165) is 33.7 Å². The second kappa shape index (κ2) is 9.47. The van der Waals surface area contributed by atoms with E-state index in [0.29, 0.717) is 24.7 Å². The molecule has 0 spiro atoms. The first-order chi connectivity index (χ1) is 15.0. The molecule has 0 bridgehead atoms. The first-order valence-corrected chi connectivity index (χ1v) is 11.1. The van der Waals surface area contributed by atoms with Crippen molar-refractivity contribution in [3.8, 4) is 5.75 Å². The summed E-state index contributed by atoms with van der Waals surface area (Å²) in [6.45, 7) is 2.86. The zero-order valence-electron chi connectivity index (χ0n) is 17.3. The zero-order chi connectivity index (χ0) is 21.8. The van der Waals surface area contributed by atoms with Crippen LogP contribution in [-0.2, 0) is 9.59 Å². The molecule has 1 atom stereocenters. The Labute approximate surface area is 189 Å². The van der Waals surface area contributed by atoms with E-state index in [-0.39, 0.29) is 24.3 Å². The Kier molecular flexibility index (Phi) is 6.51. The van der Waals surface area contributed by atoms with Gasteiger partial charge in [-0.05, 0) is 64.2 Å². The summed E-state index contributed by atoms with van der Waals surface area (Å²) < 4.78 is 6.65. The molecule has 1 aliphatic rings. The second-order valence-corrected chi connectivity index (χ2v) is 8.52. The van der Waals surface area contributed by atoms with Crippen molar-refractivity contribution in [2.24, 2.45) is 5.92 Å². The van der Waals surface area contributed by atoms with E-state index >= 15 is 0 Å². The topological polar surface area (TPSA) is 71.5 Å². The number of rotatable bonds is 5. The fourth-order valence-electron chi connectivity index (χ4n) is 3.81. The number of aromatic nitrogens is 1.